The fourth-order valence-electron chi connectivity index (χ4n) is 2.70. The predicted octanol–water partition coefficient (Wildman–Crippen LogP) is 3.61. The number of amides is 1. The van der Waals surface area contributed by atoms with Gasteiger partial charge in [0.15, 0.2) is 5.13 Å². The second kappa shape index (κ2) is 8.00. The lowest BCUT2D eigenvalue weighted by Crippen LogP contribution is -2.25. The van der Waals surface area contributed by atoms with Crippen molar-refractivity contribution in [3.63, 3.8) is 0 Å². The van der Waals surface area contributed by atoms with E-state index in [2.05, 4.69) is 20.5 Å². The number of halogens is 3. The summed E-state index contributed by atoms with van der Waals surface area (Å²) in [5.41, 5.74) is -0.775. The molecule has 1 aromatic heterocycles. The zero-order valence-electron chi connectivity index (χ0n) is 14.8. The number of alkyl halides is 3. The smallest absolute Gasteiger partial charge is 0.337 e. The van der Waals surface area contributed by atoms with Crippen LogP contribution in [0.25, 0.3) is 0 Å². The van der Waals surface area contributed by atoms with Crippen molar-refractivity contribution in [2.45, 2.75) is 19.1 Å². The first-order valence-corrected chi connectivity index (χ1v) is 9.11. The minimum absolute atomic E-state index is 0.359. The van der Waals surface area contributed by atoms with Crippen LogP contribution >= 0.6 is 11.3 Å². The van der Waals surface area contributed by atoms with Gasteiger partial charge < -0.3 is 15.5 Å². The van der Waals surface area contributed by atoms with Crippen molar-refractivity contribution in [1.82, 2.24) is 9.88 Å². The first kappa shape index (κ1) is 19.9. The summed E-state index contributed by atoms with van der Waals surface area (Å²) in [5.74, 6) is -0.937. The van der Waals surface area contributed by atoms with E-state index in [9.17, 15) is 23.2 Å². The predicted molar refractivity (Wildman–Crippen MR) is 99.5 cm³/mol. The van der Waals surface area contributed by atoms with Crippen LogP contribution < -0.4 is 10.6 Å². The molecule has 0 saturated heterocycles. The van der Waals surface area contributed by atoms with Crippen LogP contribution in [0, 0.1) is 11.3 Å². The van der Waals surface area contributed by atoms with Crippen LogP contribution in [0.4, 0.5) is 24.0 Å². The van der Waals surface area contributed by atoms with Gasteiger partial charge in [0.2, 0.25) is 0 Å². The van der Waals surface area contributed by atoms with Gasteiger partial charge in [0.05, 0.1) is 16.9 Å². The van der Waals surface area contributed by atoms with Gasteiger partial charge in [-0.15, -0.1) is 11.3 Å². The monoisotopic (exact) mass is 407 g/mol. The molecule has 0 saturated carbocycles. The van der Waals surface area contributed by atoms with Gasteiger partial charge in [0.25, 0.3) is 5.91 Å². The molecule has 1 amide bonds. The number of fused-ring (bicyclic) bond motifs is 1. The molecule has 146 valence electrons. The van der Waals surface area contributed by atoms with Crippen molar-refractivity contribution in [2.24, 2.45) is 0 Å². The fourth-order valence-corrected chi connectivity index (χ4v) is 3.75. The maximum absolute atomic E-state index is 13.0. The number of para-hydroxylation sites is 1. The number of rotatable bonds is 4. The first-order chi connectivity index (χ1) is 13.3. The molecular weight excluding hydrogens is 391 g/mol. The van der Waals surface area contributed by atoms with Crippen molar-refractivity contribution in [1.29, 1.82) is 5.26 Å². The highest BCUT2D eigenvalue weighted by Crippen LogP contribution is 2.34. The summed E-state index contributed by atoms with van der Waals surface area (Å²) < 4.78 is 39.1. The number of nitrogens with one attached hydrogen (secondary N) is 2. The topological polar surface area (TPSA) is 81.1 Å². The molecule has 0 aliphatic carbocycles. The van der Waals surface area contributed by atoms with E-state index in [0.29, 0.717) is 5.13 Å². The van der Waals surface area contributed by atoms with Crippen LogP contribution in [0.1, 0.15) is 16.1 Å². The third-order valence-electron chi connectivity index (χ3n) is 4.11. The summed E-state index contributed by atoms with van der Waals surface area (Å²) in [6.07, 6.45) is -2.65. The molecule has 1 aromatic carbocycles. The highest BCUT2D eigenvalue weighted by molar-refractivity contribution is 7.15. The lowest BCUT2D eigenvalue weighted by Gasteiger charge is -2.20. The molecule has 0 radical (unpaired) electrons. The summed E-state index contributed by atoms with van der Waals surface area (Å²) in [6, 6.07) is 6.28. The average Bonchev–Trinajstić information content (AvgIpc) is 3.03. The molecule has 2 heterocycles. The Bertz CT molecular complexity index is 961. The van der Waals surface area contributed by atoms with Gasteiger partial charge in [-0.3, -0.25) is 4.79 Å². The minimum Gasteiger partial charge on any atom is -0.337 e. The second-order valence-corrected chi connectivity index (χ2v) is 7.27. The molecule has 0 unspecified atom stereocenters. The molecular formula is C18H16F3N5OS. The minimum atomic E-state index is -4.62. The zero-order chi connectivity index (χ0) is 20.3. The SMILES string of the molecule is CN1CCc2nc(N/C=C(/C#N)C(=O)Nc3ccccc3C(F)(F)F)sc2C1. The number of thiazole rings is 1. The molecule has 0 bridgehead atoms. The largest absolute Gasteiger partial charge is 0.418 e. The highest BCUT2D eigenvalue weighted by Gasteiger charge is 2.33. The number of hydrogen-bond donors (Lipinski definition) is 2. The summed E-state index contributed by atoms with van der Waals surface area (Å²) >= 11 is 1.41. The van der Waals surface area contributed by atoms with Crippen molar-refractivity contribution >= 4 is 28.1 Å². The molecule has 1 aliphatic heterocycles. The normalized spacial score (nSPS) is 14.9. The van der Waals surface area contributed by atoms with Gasteiger partial charge in [-0.25, -0.2) is 4.98 Å². The number of hydrogen-bond acceptors (Lipinski definition) is 6. The second-order valence-electron chi connectivity index (χ2n) is 6.19. The molecule has 10 heteroatoms. The van der Waals surface area contributed by atoms with Crippen molar-refractivity contribution in [2.75, 3.05) is 24.2 Å². The van der Waals surface area contributed by atoms with Crippen LogP contribution in [0.3, 0.4) is 0 Å². The summed E-state index contributed by atoms with van der Waals surface area (Å²) in [5, 5.41) is 14.7. The van der Waals surface area contributed by atoms with E-state index in [-0.39, 0.29) is 5.57 Å². The number of nitrogens with zero attached hydrogens (tertiary/aromatic N) is 3. The van der Waals surface area contributed by atoms with E-state index in [1.54, 1.807) is 6.07 Å². The molecule has 0 atom stereocenters. The number of benzene rings is 1. The highest BCUT2D eigenvalue weighted by atomic mass is 32.1. The molecule has 1 aliphatic rings. The van der Waals surface area contributed by atoms with Gasteiger partial charge in [-0.05, 0) is 19.2 Å². The van der Waals surface area contributed by atoms with E-state index in [1.165, 1.54) is 23.5 Å². The van der Waals surface area contributed by atoms with Gasteiger partial charge in [0.1, 0.15) is 11.6 Å². The van der Waals surface area contributed by atoms with Crippen LogP contribution in [-0.4, -0.2) is 29.4 Å². The van der Waals surface area contributed by atoms with Crippen molar-refractivity contribution in [3.05, 3.63) is 52.2 Å². The molecule has 6 nitrogen and oxygen atoms in total. The Kier molecular flexibility index (Phi) is 5.67. The number of anilines is 2. The van der Waals surface area contributed by atoms with E-state index in [0.717, 1.165) is 48.4 Å². The van der Waals surface area contributed by atoms with Gasteiger partial charge in [0, 0.05) is 30.6 Å². The van der Waals surface area contributed by atoms with Gasteiger partial charge in [-0.2, -0.15) is 18.4 Å². The number of likely N-dealkylation sites (N-methyl/N-ethyl adjacent to an activating group) is 1. The maximum Gasteiger partial charge on any atom is 0.418 e. The standard InChI is InChI=1S/C18H16F3N5OS/c1-26-7-6-14-15(10-26)28-17(25-14)23-9-11(8-22)16(27)24-13-5-3-2-4-12(13)18(19,20)21/h2-5,9H,6-7,10H2,1H3,(H,23,25)(H,24,27)/b11-9-. The van der Waals surface area contributed by atoms with Gasteiger partial charge in [-0.1, -0.05) is 12.1 Å². The quantitative estimate of drug-likeness (QED) is 0.598. The van der Waals surface area contributed by atoms with E-state index >= 15 is 0 Å². The van der Waals surface area contributed by atoms with Crippen LogP contribution in [0.15, 0.2) is 36.0 Å². The Hall–Kier alpha value is -2.90. The Morgan fingerprint density at radius 1 is 1.39 bits per heavy atom. The number of aromatic nitrogens is 1. The number of carbonyl (C=O) groups excluding carboxylic acids is 1. The first-order valence-electron chi connectivity index (χ1n) is 8.29. The Labute approximate surface area is 163 Å². The molecule has 2 aromatic rings. The summed E-state index contributed by atoms with van der Waals surface area (Å²) in [7, 11) is 2.01. The number of carbonyl (C=O) groups is 1. The van der Waals surface area contributed by atoms with Gasteiger partial charge >= 0.3 is 6.18 Å². The third-order valence-corrected chi connectivity index (χ3v) is 5.12. The summed E-state index contributed by atoms with van der Waals surface area (Å²) in [6.45, 7) is 1.68. The molecule has 0 fully saturated rings. The lowest BCUT2D eigenvalue weighted by atomic mass is 10.1. The van der Waals surface area contributed by atoms with Crippen molar-refractivity contribution in [3.8, 4) is 6.07 Å². The van der Waals surface area contributed by atoms with Crippen LogP contribution in [-0.2, 0) is 23.9 Å². The maximum atomic E-state index is 13.0. The zero-order valence-corrected chi connectivity index (χ0v) is 15.6. The Morgan fingerprint density at radius 3 is 2.86 bits per heavy atom. The van der Waals surface area contributed by atoms with Crippen molar-refractivity contribution < 1.29 is 18.0 Å². The molecule has 28 heavy (non-hydrogen) atoms. The van der Waals surface area contributed by atoms with Crippen LogP contribution in [0.5, 0.6) is 0 Å². The number of nitriles is 1. The molecule has 2 N–H and O–H groups in total. The molecule has 0 spiro atoms. The Morgan fingerprint density at radius 2 is 2.14 bits per heavy atom. The molecule has 3 rings (SSSR count). The van der Waals surface area contributed by atoms with E-state index in [1.807, 2.05) is 7.05 Å². The summed E-state index contributed by atoms with van der Waals surface area (Å²) in [4.78, 5) is 19.9. The van der Waals surface area contributed by atoms with Crippen LogP contribution in [0.2, 0.25) is 0 Å². The van der Waals surface area contributed by atoms with E-state index < -0.39 is 23.3 Å². The lowest BCUT2D eigenvalue weighted by molar-refractivity contribution is -0.137. The fraction of sp³-hybridized carbons (Fsp3) is 0.278. The average molecular weight is 407 g/mol. The Balaban J connectivity index is 1.74. The third kappa shape index (κ3) is 4.49. The van der Waals surface area contributed by atoms with E-state index in [4.69, 9.17) is 0 Å².